The van der Waals surface area contributed by atoms with Gasteiger partial charge in [0.2, 0.25) is 0 Å². The van der Waals surface area contributed by atoms with Crippen LogP contribution in [0.3, 0.4) is 0 Å². The van der Waals surface area contributed by atoms with Gasteiger partial charge < -0.3 is 185 Å². The topological polar surface area (TPSA) is 469 Å². The molecule has 47 nitrogen and oxygen atoms in total. The van der Waals surface area contributed by atoms with Crippen LogP contribution in [0, 0.1) is 0 Å². The van der Waals surface area contributed by atoms with E-state index in [1.54, 1.807) is 0 Å². The Bertz CT molecular complexity index is 2250. The highest BCUT2D eigenvalue weighted by molar-refractivity contribution is 6.02. The van der Waals surface area contributed by atoms with Crippen LogP contribution < -0.4 is 0 Å². The van der Waals surface area contributed by atoms with Gasteiger partial charge in [-0.2, -0.15) is 0 Å². The third kappa shape index (κ3) is 95.1. The molecule has 0 aromatic rings. The van der Waals surface area contributed by atoms with E-state index in [0.29, 0.717) is 473 Å². The Kier molecular flexibility index (Phi) is 100. The lowest BCUT2D eigenvalue weighted by Crippen LogP contribution is -2.32. The Morgan fingerprint density at radius 1 is 0.128 bits per heavy atom. The molecule has 2 heterocycles. The summed E-state index contributed by atoms with van der Waals surface area (Å²) in [7, 11) is 0. The van der Waals surface area contributed by atoms with Gasteiger partial charge in [0.15, 0.2) is 0 Å². The number of carbonyl (C=O) groups is 6. The van der Waals surface area contributed by atoms with Crippen LogP contribution in [-0.4, -0.2) is 535 Å². The summed E-state index contributed by atoms with van der Waals surface area (Å²) in [4.78, 5) is 78.8. The predicted molar refractivity (Wildman–Crippen MR) is 464 cm³/mol. The maximum Gasteiger partial charge on any atom is 0.335 e. The minimum atomic E-state index is -0.708. The van der Waals surface area contributed by atoms with Crippen molar-refractivity contribution in [3.63, 3.8) is 0 Å². The molecule has 784 valence electrons. The first-order valence-corrected chi connectivity index (χ1v) is 46.4. The van der Waals surface area contributed by atoms with Gasteiger partial charge in [-0.05, 0) is 0 Å². The number of hydrogen-bond acceptors (Lipinski definition) is 45. The van der Waals surface area contributed by atoms with Gasteiger partial charge in [0.25, 0.3) is 23.6 Å². The number of carbonyl (C=O) groups excluding carboxylic acids is 6. The van der Waals surface area contributed by atoms with E-state index < -0.39 is 35.6 Å². The zero-order valence-electron chi connectivity index (χ0n) is 78.8. The molecule has 0 aliphatic carbocycles. The van der Waals surface area contributed by atoms with Gasteiger partial charge in [-0.25, -0.2) is 9.59 Å². The van der Waals surface area contributed by atoms with Gasteiger partial charge in [0.05, 0.1) is 502 Å². The maximum atomic E-state index is 11.7. The Morgan fingerprint density at radius 2 is 0.195 bits per heavy atom. The van der Waals surface area contributed by atoms with Crippen LogP contribution in [0.2, 0.25) is 0 Å². The molecule has 0 N–H and O–H groups in total. The third-order valence-corrected chi connectivity index (χ3v) is 16.7. The van der Waals surface area contributed by atoms with Crippen molar-refractivity contribution in [1.82, 2.24) is 10.1 Å². The van der Waals surface area contributed by atoms with Gasteiger partial charge in [-0.3, -0.25) is 19.2 Å². The molecular formula is C86H160N2O45. The van der Waals surface area contributed by atoms with Crippen LogP contribution in [0.25, 0.3) is 0 Å². The summed E-state index contributed by atoms with van der Waals surface area (Å²) in [5.41, 5.74) is 0. The largest absolute Gasteiger partial charge is 0.378 e. The molecule has 0 radical (unpaired) electrons. The van der Waals surface area contributed by atoms with Gasteiger partial charge >= 0.3 is 11.9 Å². The molecule has 0 atom stereocenters. The SMILES string of the molecule is O=C(CCOCCOCCOCCOCCOCCOCCOCCOCCOCCOCCOCCOCCOCCOCCOCCOCCOCCOCCOCCOCCOCCOCCOCCOCCOCCOCCOCCOCCOCCOCCOCCOCCOCCOCCOCCOCCOCCC(=O)ON1C(=O)CCC1=O)ON1C(=O)CCC1=O. The number of imide groups is 2. The van der Waals surface area contributed by atoms with Crippen LogP contribution in [-0.2, 0) is 214 Å². The van der Waals surface area contributed by atoms with Crippen molar-refractivity contribution in [2.24, 2.45) is 0 Å². The van der Waals surface area contributed by atoms with Gasteiger partial charge in [0.1, 0.15) is 0 Å². The lowest BCUT2D eigenvalue weighted by atomic mass is 10.4. The van der Waals surface area contributed by atoms with Gasteiger partial charge in [-0.1, -0.05) is 0 Å². The summed E-state index contributed by atoms with van der Waals surface area (Å²) in [6.45, 7) is 32.3. The molecule has 0 unspecified atom stereocenters. The van der Waals surface area contributed by atoms with Crippen molar-refractivity contribution < 1.29 is 214 Å². The Labute approximate surface area is 784 Å². The fraction of sp³-hybridized carbons (Fsp3) is 0.930. The second-order valence-electron chi connectivity index (χ2n) is 27.2. The van der Waals surface area contributed by atoms with E-state index in [1.165, 1.54) is 0 Å². The van der Waals surface area contributed by atoms with E-state index >= 15 is 0 Å². The summed E-state index contributed by atoms with van der Waals surface area (Å²) < 4.78 is 204. The van der Waals surface area contributed by atoms with Crippen LogP contribution in [0.5, 0.6) is 0 Å². The average Bonchev–Trinajstić information content (AvgIpc) is 1.74. The van der Waals surface area contributed by atoms with E-state index in [2.05, 4.69) is 0 Å². The first-order valence-electron chi connectivity index (χ1n) is 46.4. The highest BCUT2D eigenvalue weighted by Crippen LogP contribution is 2.14. The van der Waals surface area contributed by atoms with Gasteiger partial charge in [0, 0.05) is 25.7 Å². The minimum absolute atomic E-state index is 0.0484. The Morgan fingerprint density at radius 3 is 0.271 bits per heavy atom. The number of rotatable bonds is 116. The standard InChI is InChI=1S/C86H160N2O45/c89-81-1-2-82(90)87(81)132-85(93)5-7-95-9-11-97-13-15-99-17-19-101-21-23-103-25-27-105-29-31-107-33-35-109-37-39-111-41-43-113-45-47-115-49-51-117-53-55-119-57-59-121-61-63-123-65-67-125-69-71-127-73-75-129-77-79-131-80-78-130-76-74-128-72-70-126-68-66-124-64-62-122-60-58-120-56-54-118-52-50-116-48-46-114-44-42-112-40-38-110-36-34-108-32-30-106-28-26-104-24-22-102-20-18-100-16-14-98-12-10-96-8-6-86(94)133-88-83(91)3-4-84(88)92/h1-80H2. The average molecular weight is 1940 g/mol. The first-order chi connectivity index (χ1) is 65.9. The van der Waals surface area contributed by atoms with E-state index in [-0.39, 0.29) is 65.0 Å². The predicted octanol–water partition coefficient (Wildman–Crippen LogP) is -0.405. The van der Waals surface area contributed by atoms with Crippen molar-refractivity contribution in [1.29, 1.82) is 0 Å². The molecular weight excluding hydrogens is 1780 g/mol. The lowest BCUT2D eigenvalue weighted by Gasteiger charge is -2.12. The monoisotopic (exact) mass is 1940 g/mol. The molecule has 2 saturated heterocycles. The Hall–Kier alpha value is -4.26. The lowest BCUT2D eigenvalue weighted by molar-refractivity contribution is -0.198. The molecule has 2 rings (SSSR count). The molecule has 4 amide bonds. The molecule has 47 heteroatoms. The number of hydroxylamine groups is 4. The van der Waals surface area contributed by atoms with Gasteiger partial charge in [-0.15, -0.1) is 10.1 Å². The minimum Gasteiger partial charge on any atom is -0.378 e. The fourth-order valence-electron chi connectivity index (χ4n) is 9.94. The van der Waals surface area contributed by atoms with Crippen molar-refractivity contribution in [2.75, 3.05) is 489 Å². The molecule has 0 saturated carbocycles. The molecule has 0 aromatic heterocycles. The van der Waals surface area contributed by atoms with Crippen molar-refractivity contribution in [3.05, 3.63) is 0 Å². The number of amides is 4. The number of ether oxygens (including phenoxy) is 37. The van der Waals surface area contributed by atoms with Crippen LogP contribution >= 0.6 is 0 Å². The van der Waals surface area contributed by atoms with Crippen molar-refractivity contribution in [3.8, 4) is 0 Å². The Balaban J connectivity index is 1.07. The molecule has 0 bridgehead atoms. The smallest absolute Gasteiger partial charge is 0.335 e. The second-order valence-corrected chi connectivity index (χ2v) is 27.2. The second kappa shape index (κ2) is 107. The molecule has 0 spiro atoms. The van der Waals surface area contributed by atoms with Crippen molar-refractivity contribution >= 4 is 35.6 Å². The van der Waals surface area contributed by atoms with E-state index in [9.17, 15) is 28.8 Å². The normalized spacial score (nSPS) is 13.0. The van der Waals surface area contributed by atoms with Crippen LogP contribution in [0.15, 0.2) is 0 Å². The number of hydrogen-bond donors (Lipinski definition) is 0. The van der Waals surface area contributed by atoms with E-state index in [1.807, 2.05) is 0 Å². The summed E-state index contributed by atoms with van der Waals surface area (Å²) in [6, 6.07) is 0. The molecule has 2 aliphatic heterocycles. The molecule has 0 aromatic carbocycles. The summed E-state index contributed by atoms with van der Waals surface area (Å²) in [5.74, 6) is -3.49. The quantitative estimate of drug-likeness (QED) is 0.0552. The summed E-state index contributed by atoms with van der Waals surface area (Å²) in [6.07, 6.45) is 0.0214. The zero-order valence-corrected chi connectivity index (χ0v) is 78.8. The number of nitrogens with zero attached hydrogens (tertiary/aromatic N) is 2. The first kappa shape index (κ1) is 125. The molecule has 2 fully saturated rings. The highest BCUT2D eigenvalue weighted by atomic mass is 16.7. The van der Waals surface area contributed by atoms with Crippen LogP contribution in [0.1, 0.15) is 38.5 Å². The summed E-state index contributed by atoms with van der Waals surface area (Å²) in [5, 5.41) is 1.03. The van der Waals surface area contributed by atoms with Crippen molar-refractivity contribution in [2.45, 2.75) is 38.5 Å². The third-order valence-electron chi connectivity index (χ3n) is 16.7. The summed E-state index contributed by atoms with van der Waals surface area (Å²) >= 11 is 0. The van der Waals surface area contributed by atoms with E-state index in [0.717, 1.165) is 0 Å². The highest BCUT2D eigenvalue weighted by Gasteiger charge is 2.34. The fourth-order valence-corrected chi connectivity index (χ4v) is 9.94. The maximum absolute atomic E-state index is 11.7. The van der Waals surface area contributed by atoms with Crippen LogP contribution in [0.4, 0.5) is 0 Å². The molecule has 2 aliphatic rings. The zero-order chi connectivity index (χ0) is 94.8. The molecule has 133 heavy (non-hydrogen) atoms. The van der Waals surface area contributed by atoms with E-state index in [4.69, 9.17) is 185 Å².